The van der Waals surface area contributed by atoms with Gasteiger partial charge in [-0.1, -0.05) is 17.7 Å². The van der Waals surface area contributed by atoms with Crippen molar-refractivity contribution in [3.63, 3.8) is 0 Å². The molecule has 0 saturated carbocycles. The van der Waals surface area contributed by atoms with Gasteiger partial charge in [0.2, 0.25) is 10.0 Å². The van der Waals surface area contributed by atoms with Gasteiger partial charge in [-0.15, -0.1) is 0 Å². The van der Waals surface area contributed by atoms with Crippen LogP contribution in [-0.4, -0.2) is 56.7 Å². The lowest BCUT2D eigenvalue weighted by Gasteiger charge is -2.34. The molecule has 0 radical (unpaired) electrons. The standard InChI is InChI=1S/C13H19ClFN3O2S/c14-12-2-1-11(9-13(12)15)10-18-5-3-17(4-6-18)7-8-21(16,19)20/h1-2,9H,3-8,10H2,(H2,16,19,20). The van der Waals surface area contributed by atoms with Crippen LogP contribution in [0.1, 0.15) is 5.56 Å². The van der Waals surface area contributed by atoms with Crippen LogP contribution >= 0.6 is 11.6 Å². The maximum Gasteiger partial charge on any atom is 0.210 e. The molecule has 0 aliphatic carbocycles. The highest BCUT2D eigenvalue weighted by Gasteiger charge is 2.18. The maximum absolute atomic E-state index is 13.4. The molecule has 1 aromatic carbocycles. The monoisotopic (exact) mass is 335 g/mol. The van der Waals surface area contributed by atoms with Gasteiger partial charge in [0.1, 0.15) is 5.82 Å². The Morgan fingerprint density at radius 3 is 2.38 bits per heavy atom. The second-order valence-corrected chi connectivity index (χ2v) is 7.37. The second kappa shape index (κ2) is 7.02. The molecule has 2 rings (SSSR count). The molecule has 1 saturated heterocycles. The first-order chi connectivity index (χ1) is 9.83. The fourth-order valence-corrected chi connectivity index (χ4v) is 2.95. The van der Waals surface area contributed by atoms with Gasteiger partial charge >= 0.3 is 0 Å². The number of nitrogens with zero attached hydrogens (tertiary/aromatic N) is 2. The molecule has 2 N–H and O–H groups in total. The molecule has 118 valence electrons. The first-order valence-electron chi connectivity index (χ1n) is 6.72. The fraction of sp³-hybridized carbons (Fsp3) is 0.538. The van der Waals surface area contributed by atoms with Crippen molar-refractivity contribution in [3.05, 3.63) is 34.6 Å². The summed E-state index contributed by atoms with van der Waals surface area (Å²) in [5.41, 5.74) is 0.884. The van der Waals surface area contributed by atoms with Gasteiger partial charge in [0.25, 0.3) is 0 Å². The Labute approximate surface area is 129 Å². The number of hydrogen-bond donors (Lipinski definition) is 1. The number of sulfonamides is 1. The van der Waals surface area contributed by atoms with Crippen molar-refractivity contribution < 1.29 is 12.8 Å². The van der Waals surface area contributed by atoms with Crippen molar-refractivity contribution in [2.45, 2.75) is 6.54 Å². The van der Waals surface area contributed by atoms with Crippen LogP contribution in [0.4, 0.5) is 4.39 Å². The number of nitrogens with two attached hydrogens (primary N) is 1. The first kappa shape index (κ1) is 16.6. The normalized spacial score (nSPS) is 18.0. The van der Waals surface area contributed by atoms with Crippen LogP contribution < -0.4 is 5.14 Å². The predicted octanol–water partition coefficient (Wildman–Crippen LogP) is 0.885. The molecule has 5 nitrogen and oxygen atoms in total. The number of piperazine rings is 1. The van der Waals surface area contributed by atoms with E-state index in [2.05, 4.69) is 9.80 Å². The molecule has 8 heteroatoms. The molecule has 0 spiro atoms. The Morgan fingerprint density at radius 1 is 1.19 bits per heavy atom. The predicted molar refractivity (Wildman–Crippen MR) is 81.1 cm³/mol. The highest BCUT2D eigenvalue weighted by Crippen LogP contribution is 2.17. The van der Waals surface area contributed by atoms with E-state index in [-0.39, 0.29) is 10.8 Å². The number of primary sulfonamides is 1. The van der Waals surface area contributed by atoms with Crippen molar-refractivity contribution in [1.29, 1.82) is 0 Å². The van der Waals surface area contributed by atoms with Gasteiger partial charge in [-0.05, 0) is 17.7 Å². The van der Waals surface area contributed by atoms with Gasteiger partial charge in [0.15, 0.2) is 0 Å². The van der Waals surface area contributed by atoms with Gasteiger partial charge in [-0.25, -0.2) is 17.9 Å². The van der Waals surface area contributed by atoms with E-state index in [9.17, 15) is 12.8 Å². The zero-order chi connectivity index (χ0) is 15.5. The molecule has 0 unspecified atom stereocenters. The molecule has 21 heavy (non-hydrogen) atoms. The Kier molecular flexibility index (Phi) is 5.56. The van der Waals surface area contributed by atoms with E-state index in [1.165, 1.54) is 6.07 Å². The minimum absolute atomic E-state index is 0.0185. The minimum atomic E-state index is -3.40. The quantitative estimate of drug-likeness (QED) is 0.867. The smallest absolute Gasteiger partial charge is 0.210 e. The van der Waals surface area contributed by atoms with Crippen LogP contribution in [0, 0.1) is 5.82 Å². The molecule has 0 bridgehead atoms. The van der Waals surface area contributed by atoms with Gasteiger partial charge in [-0.3, -0.25) is 9.80 Å². The van der Waals surface area contributed by atoms with Crippen molar-refractivity contribution in [3.8, 4) is 0 Å². The molecule has 1 heterocycles. The Balaban J connectivity index is 1.80. The molecule has 1 aliphatic heterocycles. The van der Waals surface area contributed by atoms with Crippen LogP contribution in [0.3, 0.4) is 0 Å². The van der Waals surface area contributed by atoms with E-state index in [0.717, 1.165) is 31.7 Å². The van der Waals surface area contributed by atoms with E-state index in [0.29, 0.717) is 13.1 Å². The van der Waals surface area contributed by atoms with Crippen molar-refractivity contribution >= 4 is 21.6 Å². The largest absolute Gasteiger partial charge is 0.300 e. The van der Waals surface area contributed by atoms with Crippen LogP contribution in [0.5, 0.6) is 0 Å². The SMILES string of the molecule is NS(=O)(=O)CCN1CCN(Cc2ccc(Cl)c(F)c2)CC1. The van der Waals surface area contributed by atoms with Crippen LogP contribution in [0.25, 0.3) is 0 Å². The van der Waals surface area contributed by atoms with E-state index in [1.54, 1.807) is 6.07 Å². The summed E-state index contributed by atoms with van der Waals surface area (Å²) < 4.78 is 35.2. The van der Waals surface area contributed by atoms with Crippen molar-refractivity contribution in [1.82, 2.24) is 9.80 Å². The summed E-state index contributed by atoms with van der Waals surface area (Å²) in [4.78, 5) is 4.28. The second-order valence-electron chi connectivity index (χ2n) is 5.23. The van der Waals surface area contributed by atoms with Gasteiger partial charge < -0.3 is 0 Å². The van der Waals surface area contributed by atoms with Crippen LogP contribution in [-0.2, 0) is 16.6 Å². The average molecular weight is 336 g/mol. The summed E-state index contributed by atoms with van der Waals surface area (Å²) in [5.74, 6) is -0.420. The molecular weight excluding hydrogens is 317 g/mol. The fourth-order valence-electron chi connectivity index (χ4n) is 2.32. The Hall–Kier alpha value is -0.730. The van der Waals surface area contributed by atoms with Crippen LogP contribution in [0.15, 0.2) is 18.2 Å². The summed E-state index contributed by atoms with van der Waals surface area (Å²) in [6.45, 7) is 4.32. The molecule has 0 amide bonds. The highest BCUT2D eigenvalue weighted by atomic mass is 35.5. The zero-order valence-corrected chi connectivity index (χ0v) is 13.2. The molecule has 1 fully saturated rings. The van der Waals surface area contributed by atoms with E-state index >= 15 is 0 Å². The molecule has 1 aliphatic rings. The first-order valence-corrected chi connectivity index (χ1v) is 8.82. The number of halogens is 2. The van der Waals surface area contributed by atoms with Gasteiger partial charge in [0, 0.05) is 39.3 Å². The van der Waals surface area contributed by atoms with E-state index in [1.807, 2.05) is 6.07 Å². The van der Waals surface area contributed by atoms with Gasteiger partial charge in [-0.2, -0.15) is 0 Å². The lowest BCUT2D eigenvalue weighted by Crippen LogP contribution is -2.47. The maximum atomic E-state index is 13.4. The summed E-state index contributed by atoms with van der Waals surface area (Å²) in [6.07, 6.45) is 0. The Bertz CT molecular complexity index is 589. The third-order valence-electron chi connectivity index (χ3n) is 3.55. The minimum Gasteiger partial charge on any atom is -0.300 e. The highest BCUT2D eigenvalue weighted by molar-refractivity contribution is 7.89. The number of benzene rings is 1. The topological polar surface area (TPSA) is 66.6 Å². The third kappa shape index (κ3) is 5.52. The van der Waals surface area contributed by atoms with Crippen LogP contribution in [0.2, 0.25) is 5.02 Å². The number of hydrogen-bond acceptors (Lipinski definition) is 4. The molecular formula is C13H19ClFN3O2S. The Morgan fingerprint density at radius 2 is 1.81 bits per heavy atom. The summed E-state index contributed by atoms with van der Waals surface area (Å²) in [6, 6.07) is 4.84. The summed E-state index contributed by atoms with van der Waals surface area (Å²) in [7, 11) is -3.40. The molecule has 1 aromatic rings. The lowest BCUT2D eigenvalue weighted by molar-refractivity contribution is 0.132. The van der Waals surface area contributed by atoms with Crippen molar-refractivity contribution in [2.24, 2.45) is 5.14 Å². The van der Waals surface area contributed by atoms with E-state index < -0.39 is 15.8 Å². The summed E-state index contributed by atoms with van der Waals surface area (Å²) >= 11 is 5.66. The lowest BCUT2D eigenvalue weighted by atomic mass is 10.2. The molecule has 0 atom stereocenters. The third-order valence-corrected chi connectivity index (χ3v) is 4.61. The molecule has 0 aromatic heterocycles. The van der Waals surface area contributed by atoms with Gasteiger partial charge in [0.05, 0.1) is 10.8 Å². The number of rotatable bonds is 5. The van der Waals surface area contributed by atoms with Crippen molar-refractivity contribution in [2.75, 3.05) is 38.5 Å². The zero-order valence-electron chi connectivity index (χ0n) is 11.6. The van der Waals surface area contributed by atoms with E-state index in [4.69, 9.17) is 16.7 Å². The summed E-state index contributed by atoms with van der Waals surface area (Å²) in [5, 5.41) is 5.13. The average Bonchev–Trinajstić information content (AvgIpc) is 2.41.